The van der Waals surface area contributed by atoms with Crippen LogP contribution in [-0.2, 0) is 4.84 Å². The van der Waals surface area contributed by atoms with Gasteiger partial charge in [-0.25, -0.2) is 0 Å². The third kappa shape index (κ3) is 0.640. The van der Waals surface area contributed by atoms with Gasteiger partial charge in [0.05, 0.1) is 5.60 Å². The van der Waals surface area contributed by atoms with Gasteiger partial charge in [0.2, 0.25) is 0 Å². The van der Waals surface area contributed by atoms with Crippen LogP contribution < -0.4 is 5.90 Å². The Bertz CT molecular complexity index is 80.1. The van der Waals surface area contributed by atoms with E-state index in [1.54, 1.807) is 0 Å². The molecule has 0 bridgehead atoms. The van der Waals surface area contributed by atoms with Crippen molar-refractivity contribution in [1.29, 1.82) is 0 Å². The first-order chi connectivity index (χ1) is 3.19. The summed E-state index contributed by atoms with van der Waals surface area (Å²) in [6.45, 7) is 4.05. The lowest BCUT2D eigenvalue weighted by atomic mass is 10.3. The largest absolute Gasteiger partial charge is 0.278 e. The molecule has 1 saturated carbocycles. The smallest absolute Gasteiger partial charge is 0.0916 e. The van der Waals surface area contributed by atoms with Crippen LogP contribution >= 0.6 is 0 Å². The molecule has 0 aliphatic heterocycles. The van der Waals surface area contributed by atoms with Gasteiger partial charge in [-0.2, -0.15) is 0 Å². The van der Waals surface area contributed by atoms with E-state index in [4.69, 9.17) is 5.90 Å². The summed E-state index contributed by atoms with van der Waals surface area (Å²) in [5.41, 5.74) is -0.0833. The number of rotatable bonds is 1. The molecule has 0 aromatic heterocycles. The van der Waals surface area contributed by atoms with Crippen LogP contribution in [0.5, 0.6) is 0 Å². The molecule has 2 nitrogen and oxygen atoms in total. The van der Waals surface area contributed by atoms with Gasteiger partial charge in [-0.15, -0.1) is 5.90 Å². The topological polar surface area (TPSA) is 33.0 Å². The maximum Gasteiger partial charge on any atom is 0.0916 e. The molecule has 1 rings (SSSR count). The second kappa shape index (κ2) is 1.20. The quantitative estimate of drug-likeness (QED) is 0.452. The van der Waals surface area contributed by atoms with Crippen LogP contribution in [0.2, 0.25) is 0 Å². The highest BCUT2D eigenvalue weighted by Gasteiger charge is 2.48. The second-order valence-electron chi connectivity index (χ2n) is 2.52. The monoisotopic (exact) mass is 100 g/mol. The van der Waals surface area contributed by atoms with Gasteiger partial charge in [-0.1, -0.05) is 6.92 Å². The first-order valence-corrected chi connectivity index (χ1v) is 2.54. The van der Waals surface area contributed by atoms with Gasteiger partial charge in [0, 0.05) is 0 Å². The van der Waals surface area contributed by atoms with Crippen molar-refractivity contribution in [3.63, 3.8) is 0 Å². The molecule has 41 valence electrons. The van der Waals surface area contributed by atoms with Gasteiger partial charge in [-0.05, 0) is 19.3 Å². The van der Waals surface area contributed by atoms with Gasteiger partial charge in [0.15, 0.2) is 0 Å². The van der Waals surface area contributed by atoms with E-state index >= 15 is 0 Å². The predicted octanol–water partition coefficient (Wildman–Crippen LogP) is 0.999. The first kappa shape index (κ1) is 5.06. The van der Waals surface area contributed by atoms with Crippen molar-refractivity contribution in [2.24, 2.45) is 5.92 Å². The summed E-state index contributed by atoms with van der Waals surface area (Å²) in [5, 5.41) is 0. The van der Waals surface area contributed by atoms with E-state index in [2.05, 4.69) is 11.8 Å². The van der Waals surface area contributed by atoms with Crippen molar-refractivity contribution in [3.8, 4) is 0 Å². The van der Waals surface area contributed by atoms with Crippen molar-refractivity contribution in [2.75, 3.05) is 0 Å². The summed E-state index contributed by atoms with van der Waals surface area (Å²) in [5.74, 6) is 7.15. The van der Waals surface area contributed by atoms with E-state index in [-0.39, 0.29) is 5.60 Å². The minimum Gasteiger partial charge on any atom is -0.278 e. The maximum atomic E-state index is 6.55. The number of hydrogen-bond donors (Lipinski definition) is 0. The SMILES string of the molecule is CC1CC1(C)O[NH]. The standard InChI is InChI=1S/C5H10NO/c1-4-3-5(4,2)7-6/h4,6H,3H2,1-2H3. The zero-order valence-electron chi connectivity index (χ0n) is 4.69. The van der Waals surface area contributed by atoms with Crippen LogP contribution in [0.4, 0.5) is 0 Å². The Morgan fingerprint density at radius 3 is 2.29 bits per heavy atom. The highest BCUT2D eigenvalue weighted by molar-refractivity contribution is 4.97. The Balaban J connectivity index is 2.36. The van der Waals surface area contributed by atoms with Crippen LogP contribution in [0.25, 0.3) is 0 Å². The summed E-state index contributed by atoms with van der Waals surface area (Å²) >= 11 is 0. The molecular formula is C5H10NO. The van der Waals surface area contributed by atoms with Gasteiger partial charge in [-0.3, -0.25) is 4.84 Å². The van der Waals surface area contributed by atoms with Crippen molar-refractivity contribution < 1.29 is 4.84 Å². The van der Waals surface area contributed by atoms with Gasteiger partial charge < -0.3 is 0 Å². The first-order valence-electron chi connectivity index (χ1n) is 2.54. The van der Waals surface area contributed by atoms with E-state index in [9.17, 15) is 0 Å². The molecule has 0 amide bonds. The molecule has 0 heterocycles. The Morgan fingerprint density at radius 1 is 1.86 bits per heavy atom. The summed E-state index contributed by atoms with van der Waals surface area (Å²) < 4.78 is 0. The summed E-state index contributed by atoms with van der Waals surface area (Å²) in [6.07, 6.45) is 1.05. The van der Waals surface area contributed by atoms with Gasteiger partial charge >= 0.3 is 0 Å². The van der Waals surface area contributed by atoms with Crippen LogP contribution in [0.3, 0.4) is 0 Å². The zero-order valence-corrected chi connectivity index (χ0v) is 4.69. The Morgan fingerprint density at radius 2 is 2.29 bits per heavy atom. The van der Waals surface area contributed by atoms with Gasteiger partial charge in [0.25, 0.3) is 0 Å². The lowest BCUT2D eigenvalue weighted by Gasteiger charge is -2.00. The normalized spacial score (nSPS) is 49.3. The lowest BCUT2D eigenvalue weighted by Crippen LogP contribution is -2.08. The van der Waals surface area contributed by atoms with Crippen LogP contribution in [0, 0.1) is 5.92 Å². The molecule has 7 heavy (non-hydrogen) atoms. The molecule has 1 N–H and O–H groups in total. The van der Waals surface area contributed by atoms with Crippen molar-refractivity contribution in [2.45, 2.75) is 25.9 Å². The number of hydrogen-bond acceptors (Lipinski definition) is 1. The summed E-state index contributed by atoms with van der Waals surface area (Å²) in [4.78, 5) is 4.41. The fourth-order valence-corrected chi connectivity index (χ4v) is 0.691. The third-order valence-electron chi connectivity index (χ3n) is 1.83. The van der Waals surface area contributed by atoms with Crippen LogP contribution in [-0.4, -0.2) is 5.60 Å². The molecule has 1 radical (unpaired) electrons. The molecule has 0 aromatic rings. The fraction of sp³-hybridized carbons (Fsp3) is 1.00. The Kier molecular flexibility index (Phi) is 0.869. The van der Waals surface area contributed by atoms with E-state index in [1.807, 2.05) is 6.92 Å². The fourth-order valence-electron chi connectivity index (χ4n) is 0.691. The summed E-state index contributed by atoms with van der Waals surface area (Å²) in [6, 6.07) is 0. The third-order valence-corrected chi connectivity index (χ3v) is 1.83. The van der Waals surface area contributed by atoms with E-state index in [0.717, 1.165) is 6.42 Å². The highest BCUT2D eigenvalue weighted by Crippen LogP contribution is 2.44. The number of nitrogens with one attached hydrogen (secondary N) is 1. The molecule has 1 fully saturated rings. The molecule has 1 aliphatic carbocycles. The molecule has 2 unspecified atom stereocenters. The minimum absolute atomic E-state index is 0.0833. The van der Waals surface area contributed by atoms with Gasteiger partial charge in [0.1, 0.15) is 0 Å². The lowest BCUT2D eigenvalue weighted by molar-refractivity contribution is 0.0196. The highest BCUT2D eigenvalue weighted by atomic mass is 16.6. The molecule has 1 aliphatic rings. The average Bonchev–Trinajstić information content (AvgIpc) is 2.18. The Hall–Kier alpha value is -0.0800. The van der Waals surface area contributed by atoms with E-state index in [0.29, 0.717) is 5.92 Å². The van der Waals surface area contributed by atoms with Crippen molar-refractivity contribution >= 4 is 0 Å². The van der Waals surface area contributed by atoms with Crippen LogP contribution in [0.15, 0.2) is 0 Å². The molecule has 0 saturated heterocycles. The van der Waals surface area contributed by atoms with Crippen molar-refractivity contribution in [1.82, 2.24) is 5.90 Å². The molecule has 0 aromatic carbocycles. The molecule has 2 heteroatoms. The Labute approximate surface area is 43.6 Å². The average molecular weight is 100 g/mol. The second-order valence-corrected chi connectivity index (χ2v) is 2.52. The van der Waals surface area contributed by atoms with E-state index in [1.165, 1.54) is 0 Å². The van der Waals surface area contributed by atoms with Crippen LogP contribution in [0.1, 0.15) is 20.3 Å². The molecule has 2 atom stereocenters. The maximum absolute atomic E-state index is 6.55. The summed E-state index contributed by atoms with van der Waals surface area (Å²) in [7, 11) is 0. The van der Waals surface area contributed by atoms with Crippen molar-refractivity contribution in [3.05, 3.63) is 0 Å². The minimum atomic E-state index is -0.0833. The molecule has 0 spiro atoms. The predicted molar refractivity (Wildman–Crippen MR) is 26.4 cm³/mol. The van der Waals surface area contributed by atoms with E-state index < -0.39 is 0 Å². The molecular weight excluding hydrogens is 90.1 g/mol. The zero-order chi connectivity index (χ0) is 5.49.